The summed E-state index contributed by atoms with van der Waals surface area (Å²) in [5.41, 5.74) is 4.11. The molecule has 0 unspecified atom stereocenters. The topological polar surface area (TPSA) is 24.5 Å². The van der Waals surface area contributed by atoms with Crippen LogP contribution in [0.4, 0.5) is 0 Å². The Morgan fingerprint density at radius 1 is 1.21 bits per heavy atom. The second-order valence-corrected chi connectivity index (χ2v) is 3.47. The molecule has 3 heteroatoms. The summed E-state index contributed by atoms with van der Waals surface area (Å²) >= 11 is 0. The van der Waals surface area contributed by atoms with Crippen molar-refractivity contribution in [2.75, 3.05) is 27.2 Å². The van der Waals surface area contributed by atoms with Crippen molar-refractivity contribution in [3.8, 4) is 0 Å². The van der Waals surface area contributed by atoms with E-state index in [2.05, 4.69) is 10.4 Å². The molecule has 1 aromatic rings. The molecule has 0 amide bonds. The smallest absolute Gasteiger partial charge is 0.0933 e. The minimum atomic E-state index is 0.619. The van der Waals surface area contributed by atoms with Crippen LogP contribution in [0.5, 0.6) is 0 Å². The molecular formula is C11H18N2O. The predicted molar refractivity (Wildman–Crippen MR) is 57.8 cm³/mol. The molecule has 0 aliphatic heterocycles. The minimum Gasteiger partial charge on any atom is -0.308 e. The van der Waals surface area contributed by atoms with Crippen molar-refractivity contribution >= 4 is 0 Å². The summed E-state index contributed by atoms with van der Waals surface area (Å²) < 4.78 is 0. The lowest BCUT2D eigenvalue weighted by Gasteiger charge is -2.10. The van der Waals surface area contributed by atoms with Crippen LogP contribution in [0.25, 0.3) is 0 Å². The van der Waals surface area contributed by atoms with Gasteiger partial charge >= 0.3 is 0 Å². The molecule has 0 saturated carbocycles. The number of hydrogen-bond donors (Lipinski definition) is 1. The first-order valence-electron chi connectivity index (χ1n) is 4.82. The van der Waals surface area contributed by atoms with Gasteiger partial charge in [-0.15, -0.1) is 0 Å². The van der Waals surface area contributed by atoms with Gasteiger partial charge in [-0.2, -0.15) is 0 Å². The lowest BCUT2D eigenvalue weighted by Crippen LogP contribution is -2.26. The van der Waals surface area contributed by atoms with Gasteiger partial charge in [-0.25, -0.2) is 5.48 Å². The summed E-state index contributed by atoms with van der Waals surface area (Å²) in [4.78, 5) is 7.40. The number of hydroxylamine groups is 1. The van der Waals surface area contributed by atoms with Crippen LogP contribution >= 0.6 is 0 Å². The van der Waals surface area contributed by atoms with Crippen molar-refractivity contribution in [2.45, 2.75) is 6.61 Å². The van der Waals surface area contributed by atoms with Gasteiger partial charge in [0, 0.05) is 13.1 Å². The Bertz CT molecular complexity index is 236. The van der Waals surface area contributed by atoms with E-state index in [-0.39, 0.29) is 0 Å². The van der Waals surface area contributed by atoms with Gasteiger partial charge in [0.05, 0.1) is 6.61 Å². The molecule has 1 rings (SSSR count). The number of benzene rings is 1. The molecule has 0 fully saturated rings. The molecule has 0 heterocycles. The molecular weight excluding hydrogens is 176 g/mol. The molecule has 14 heavy (non-hydrogen) atoms. The highest BCUT2D eigenvalue weighted by molar-refractivity contribution is 5.13. The molecule has 0 aromatic heterocycles. The largest absolute Gasteiger partial charge is 0.308 e. The van der Waals surface area contributed by atoms with E-state index >= 15 is 0 Å². The number of nitrogens with one attached hydrogen (secondary N) is 1. The van der Waals surface area contributed by atoms with Crippen molar-refractivity contribution < 1.29 is 4.84 Å². The summed E-state index contributed by atoms with van der Waals surface area (Å²) in [7, 11) is 4.08. The maximum atomic E-state index is 5.29. The van der Waals surface area contributed by atoms with Gasteiger partial charge in [-0.1, -0.05) is 30.3 Å². The molecule has 3 nitrogen and oxygen atoms in total. The highest BCUT2D eigenvalue weighted by atomic mass is 16.6. The molecule has 1 N–H and O–H groups in total. The fourth-order valence-electron chi connectivity index (χ4n) is 1.05. The van der Waals surface area contributed by atoms with Gasteiger partial charge in [0.1, 0.15) is 0 Å². The molecule has 0 aliphatic rings. The Kier molecular flexibility index (Phi) is 5.22. The Morgan fingerprint density at radius 2 is 1.93 bits per heavy atom. The average molecular weight is 194 g/mol. The normalized spacial score (nSPS) is 10.8. The summed E-state index contributed by atoms with van der Waals surface area (Å²) in [6, 6.07) is 10.1. The predicted octanol–water partition coefficient (Wildman–Crippen LogP) is 1.27. The Labute approximate surface area is 85.6 Å². The van der Waals surface area contributed by atoms with Crippen molar-refractivity contribution in [1.29, 1.82) is 0 Å². The maximum Gasteiger partial charge on any atom is 0.0933 e. The Balaban J connectivity index is 2.05. The minimum absolute atomic E-state index is 0.619. The van der Waals surface area contributed by atoms with Crippen molar-refractivity contribution in [3.05, 3.63) is 35.9 Å². The van der Waals surface area contributed by atoms with E-state index in [0.717, 1.165) is 13.1 Å². The molecule has 0 saturated heterocycles. The molecule has 0 radical (unpaired) electrons. The van der Waals surface area contributed by atoms with Crippen molar-refractivity contribution in [1.82, 2.24) is 10.4 Å². The van der Waals surface area contributed by atoms with Crippen LogP contribution in [0.1, 0.15) is 5.56 Å². The summed E-state index contributed by atoms with van der Waals surface area (Å²) in [6.45, 7) is 2.45. The SMILES string of the molecule is CN(C)CCNOCc1ccccc1. The molecule has 0 bridgehead atoms. The highest BCUT2D eigenvalue weighted by Gasteiger charge is 1.92. The molecule has 78 valence electrons. The van der Waals surface area contributed by atoms with E-state index in [0.29, 0.717) is 6.61 Å². The van der Waals surface area contributed by atoms with E-state index in [1.165, 1.54) is 5.56 Å². The van der Waals surface area contributed by atoms with Gasteiger partial charge < -0.3 is 4.90 Å². The van der Waals surface area contributed by atoms with Crippen LogP contribution in [0.3, 0.4) is 0 Å². The van der Waals surface area contributed by atoms with Crippen molar-refractivity contribution in [2.24, 2.45) is 0 Å². The van der Waals surface area contributed by atoms with Gasteiger partial charge in [0.2, 0.25) is 0 Å². The van der Waals surface area contributed by atoms with Crippen LogP contribution in [0, 0.1) is 0 Å². The van der Waals surface area contributed by atoms with E-state index in [1.54, 1.807) is 0 Å². The Morgan fingerprint density at radius 3 is 2.57 bits per heavy atom. The molecule has 0 spiro atoms. The standard InChI is InChI=1S/C11H18N2O/c1-13(2)9-8-12-14-10-11-6-4-3-5-7-11/h3-7,12H,8-10H2,1-2H3. The number of rotatable bonds is 6. The first-order valence-corrected chi connectivity index (χ1v) is 4.82. The van der Waals surface area contributed by atoms with E-state index in [4.69, 9.17) is 4.84 Å². The third-order valence-electron chi connectivity index (χ3n) is 1.84. The highest BCUT2D eigenvalue weighted by Crippen LogP contribution is 1.98. The van der Waals surface area contributed by atoms with Crippen LogP contribution in [-0.4, -0.2) is 32.1 Å². The van der Waals surface area contributed by atoms with Crippen LogP contribution in [-0.2, 0) is 11.4 Å². The first-order chi connectivity index (χ1) is 6.79. The summed E-state index contributed by atoms with van der Waals surface area (Å²) in [5, 5.41) is 0. The van der Waals surface area contributed by atoms with E-state index < -0.39 is 0 Å². The Hall–Kier alpha value is -0.900. The zero-order valence-electron chi connectivity index (χ0n) is 8.86. The summed E-state index contributed by atoms with van der Waals surface area (Å²) in [5.74, 6) is 0. The van der Waals surface area contributed by atoms with Gasteiger partial charge in [-0.05, 0) is 19.7 Å². The molecule has 1 aromatic carbocycles. The number of hydrogen-bond acceptors (Lipinski definition) is 3. The number of nitrogens with zero attached hydrogens (tertiary/aromatic N) is 1. The lowest BCUT2D eigenvalue weighted by molar-refractivity contribution is 0.0252. The lowest BCUT2D eigenvalue weighted by atomic mass is 10.2. The zero-order chi connectivity index (χ0) is 10.2. The second-order valence-electron chi connectivity index (χ2n) is 3.47. The van der Waals surface area contributed by atoms with Crippen LogP contribution in [0.15, 0.2) is 30.3 Å². The quantitative estimate of drug-likeness (QED) is 0.545. The monoisotopic (exact) mass is 194 g/mol. The first kappa shape index (κ1) is 11.2. The maximum absolute atomic E-state index is 5.29. The van der Waals surface area contributed by atoms with Crippen molar-refractivity contribution in [3.63, 3.8) is 0 Å². The molecule has 0 atom stereocenters. The average Bonchev–Trinajstić information content (AvgIpc) is 2.18. The zero-order valence-corrected chi connectivity index (χ0v) is 8.86. The third kappa shape index (κ3) is 4.97. The van der Waals surface area contributed by atoms with Gasteiger partial charge in [0.25, 0.3) is 0 Å². The summed E-state index contributed by atoms with van der Waals surface area (Å²) in [6.07, 6.45) is 0. The molecule has 0 aliphatic carbocycles. The van der Waals surface area contributed by atoms with Gasteiger partial charge in [0.15, 0.2) is 0 Å². The second kappa shape index (κ2) is 6.54. The van der Waals surface area contributed by atoms with E-state index in [9.17, 15) is 0 Å². The fraction of sp³-hybridized carbons (Fsp3) is 0.455. The van der Waals surface area contributed by atoms with Crippen LogP contribution in [0.2, 0.25) is 0 Å². The van der Waals surface area contributed by atoms with Crippen LogP contribution < -0.4 is 5.48 Å². The fourth-order valence-corrected chi connectivity index (χ4v) is 1.05. The third-order valence-corrected chi connectivity index (χ3v) is 1.84. The van der Waals surface area contributed by atoms with E-state index in [1.807, 2.05) is 44.4 Å². The number of likely N-dealkylation sites (N-methyl/N-ethyl adjacent to an activating group) is 1. The van der Waals surface area contributed by atoms with Gasteiger partial charge in [-0.3, -0.25) is 4.84 Å².